The summed E-state index contributed by atoms with van der Waals surface area (Å²) in [6.07, 6.45) is 1.51. The Kier molecular flexibility index (Phi) is 6.82. The van der Waals surface area contributed by atoms with Gasteiger partial charge in [0.15, 0.2) is 0 Å². The molecule has 26 heavy (non-hydrogen) atoms. The molecular weight excluding hydrogens is 394 g/mol. The van der Waals surface area contributed by atoms with E-state index in [1.54, 1.807) is 18.2 Å². The number of hydrogen-bond acceptors (Lipinski definition) is 4. The molecule has 0 aliphatic rings. The third-order valence-electron chi connectivity index (χ3n) is 3.57. The zero-order valence-electron chi connectivity index (χ0n) is 14.4. The Labute approximate surface area is 162 Å². The summed E-state index contributed by atoms with van der Waals surface area (Å²) in [5, 5.41) is 5.48. The van der Waals surface area contributed by atoms with E-state index < -0.39 is 10.0 Å². The molecule has 6 nitrogen and oxygen atoms in total. The number of anilines is 1. The summed E-state index contributed by atoms with van der Waals surface area (Å²) in [7, 11) is -2.10. The fourth-order valence-electron chi connectivity index (χ4n) is 2.17. The van der Waals surface area contributed by atoms with E-state index >= 15 is 0 Å². The van der Waals surface area contributed by atoms with Crippen molar-refractivity contribution in [2.75, 3.05) is 18.9 Å². The van der Waals surface area contributed by atoms with Crippen molar-refractivity contribution in [3.8, 4) is 0 Å². The van der Waals surface area contributed by atoms with Crippen molar-refractivity contribution >= 4 is 44.7 Å². The average Bonchev–Trinajstić information content (AvgIpc) is 3.02. The maximum Gasteiger partial charge on any atom is 0.319 e. The first-order valence-corrected chi connectivity index (χ1v) is 10.4. The Hall–Kier alpha value is -1.87. The number of urea groups is 1. The van der Waals surface area contributed by atoms with Crippen LogP contribution < -0.4 is 10.6 Å². The quantitative estimate of drug-likeness (QED) is 0.671. The molecule has 1 aromatic heterocycles. The number of carbonyl (C=O) groups excluding carboxylic acids is 1. The molecule has 2 amide bonds. The van der Waals surface area contributed by atoms with Gasteiger partial charge in [0.1, 0.15) is 0 Å². The van der Waals surface area contributed by atoms with Crippen LogP contribution in [0.4, 0.5) is 10.5 Å². The van der Waals surface area contributed by atoms with Gasteiger partial charge in [0.25, 0.3) is 0 Å². The lowest BCUT2D eigenvalue weighted by Gasteiger charge is -2.16. The maximum atomic E-state index is 12.3. The highest BCUT2D eigenvalue weighted by atomic mass is 35.5. The zero-order valence-corrected chi connectivity index (χ0v) is 16.8. The van der Waals surface area contributed by atoms with E-state index in [9.17, 15) is 13.2 Å². The summed E-state index contributed by atoms with van der Waals surface area (Å²) in [6, 6.07) is 9.04. The molecule has 0 spiro atoms. The molecular formula is C17H20ClN3O3S2. The Morgan fingerprint density at radius 1 is 1.31 bits per heavy atom. The highest BCUT2D eigenvalue weighted by Gasteiger charge is 2.19. The highest BCUT2D eigenvalue weighted by molar-refractivity contribution is 7.89. The number of nitrogens with zero attached hydrogens (tertiary/aromatic N) is 1. The van der Waals surface area contributed by atoms with Crippen molar-refractivity contribution in [2.45, 2.75) is 17.9 Å². The molecule has 1 heterocycles. The Morgan fingerprint density at radius 3 is 2.50 bits per heavy atom. The summed E-state index contributed by atoms with van der Waals surface area (Å²) in [6.45, 7) is 5.61. The number of benzene rings is 1. The molecule has 0 unspecified atom stereocenters. The second kappa shape index (κ2) is 8.68. The summed E-state index contributed by atoms with van der Waals surface area (Å²) >= 11 is 7.30. The number of sulfonamides is 1. The van der Waals surface area contributed by atoms with E-state index in [0.717, 1.165) is 4.88 Å². The topological polar surface area (TPSA) is 78.5 Å². The molecule has 0 aliphatic heterocycles. The van der Waals surface area contributed by atoms with Crippen LogP contribution in [-0.4, -0.2) is 32.3 Å². The molecule has 2 rings (SSSR count). The number of amides is 2. The predicted molar refractivity (Wildman–Crippen MR) is 106 cm³/mol. The second-order valence-electron chi connectivity index (χ2n) is 5.56. The molecule has 2 aromatic rings. The zero-order chi connectivity index (χ0) is 19.3. The monoisotopic (exact) mass is 413 g/mol. The number of rotatable bonds is 7. The van der Waals surface area contributed by atoms with Crippen molar-refractivity contribution in [3.05, 3.63) is 58.3 Å². The molecule has 0 radical (unpaired) electrons. The molecule has 0 saturated carbocycles. The van der Waals surface area contributed by atoms with Gasteiger partial charge >= 0.3 is 6.03 Å². The molecule has 9 heteroatoms. The van der Waals surface area contributed by atoms with Gasteiger partial charge in [0.2, 0.25) is 10.0 Å². The largest absolute Gasteiger partial charge is 0.331 e. The molecule has 0 saturated heterocycles. The van der Waals surface area contributed by atoms with Crippen LogP contribution in [0.15, 0.2) is 53.9 Å². The molecule has 2 N–H and O–H groups in total. The predicted octanol–water partition coefficient (Wildman–Crippen LogP) is 4.09. The van der Waals surface area contributed by atoms with E-state index in [4.69, 9.17) is 11.6 Å². The number of halogens is 1. The van der Waals surface area contributed by atoms with Gasteiger partial charge in [-0.05, 0) is 43.3 Å². The van der Waals surface area contributed by atoms with Gasteiger partial charge in [0.05, 0.1) is 15.3 Å². The number of hydrogen-bond donors (Lipinski definition) is 2. The standard InChI is InChI=1S/C17H20ClN3O3S2/c1-4-11-21(3)26(23,24)14-7-5-13(6-8-14)20-17(22)19-12(2)15-9-10-16(18)25-15/h4-10,12H,1,11H2,2-3H3,(H2,19,20,22)/t12-/m0/s1. The van der Waals surface area contributed by atoms with Crippen LogP contribution >= 0.6 is 22.9 Å². The SMILES string of the molecule is C=CCN(C)S(=O)(=O)c1ccc(NC(=O)N[C@@H](C)c2ccc(Cl)s2)cc1. The van der Waals surface area contributed by atoms with Gasteiger partial charge in [-0.1, -0.05) is 17.7 Å². The average molecular weight is 414 g/mol. The van der Waals surface area contributed by atoms with Crippen LogP contribution in [0.2, 0.25) is 4.34 Å². The van der Waals surface area contributed by atoms with E-state index in [1.807, 2.05) is 13.0 Å². The molecule has 0 fully saturated rings. The van der Waals surface area contributed by atoms with Gasteiger partial charge in [-0.25, -0.2) is 13.2 Å². The third-order valence-corrected chi connectivity index (χ3v) is 6.83. The van der Waals surface area contributed by atoms with Crippen molar-refractivity contribution in [1.82, 2.24) is 9.62 Å². The van der Waals surface area contributed by atoms with Crippen LogP contribution in [0.3, 0.4) is 0 Å². The Morgan fingerprint density at radius 2 is 1.96 bits per heavy atom. The van der Waals surface area contributed by atoms with Crippen LogP contribution in [0.5, 0.6) is 0 Å². The molecule has 0 aliphatic carbocycles. The van der Waals surface area contributed by atoms with Gasteiger partial charge in [-0.3, -0.25) is 0 Å². The first-order chi connectivity index (χ1) is 12.2. The number of likely N-dealkylation sites (N-methyl/N-ethyl adjacent to an activating group) is 1. The minimum atomic E-state index is -3.58. The summed E-state index contributed by atoms with van der Waals surface area (Å²) in [5.74, 6) is 0. The first-order valence-electron chi connectivity index (χ1n) is 7.74. The minimum absolute atomic E-state index is 0.148. The van der Waals surface area contributed by atoms with Crippen molar-refractivity contribution in [3.63, 3.8) is 0 Å². The van der Waals surface area contributed by atoms with E-state index in [0.29, 0.717) is 10.0 Å². The Balaban J connectivity index is 2.00. The summed E-state index contributed by atoms with van der Waals surface area (Å²) in [5.41, 5.74) is 0.490. The molecule has 1 aromatic carbocycles. The van der Waals surface area contributed by atoms with Crippen LogP contribution in [-0.2, 0) is 10.0 Å². The van der Waals surface area contributed by atoms with Gasteiger partial charge in [0, 0.05) is 24.2 Å². The van der Waals surface area contributed by atoms with Crippen LogP contribution in [0.25, 0.3) is 0 Å². The van der Waals surface area contributed by atoms with Crippen LogP contribution in [0, 0.1) is 0 Å². The van der Waals surface area contributed by atoms with Gasteiger partial charge in [-0.15, -0.1) is 17.9 Å². The second-order valence-corrected chi connectivity index (χ2v) is 9.35. The fourth-order valence-corrected chi connectivity index (χ4v) is 4.37. The van der Waals surface area contributed by atoms with Crippen LogP contribution in [0.1, 0.15) is 17.8 Å². The maximum absolute atomic E-state index is 12.3. The van der Waals surface area contributed by atoms with Crippen molar-refractivity contribution in [2.24, 2.45) is 0 Å². The van der Waals surface area contributed by atoms with Gasteiger partial charge < -0.3 is 10.6 Å². The van der Waals surface area contributed by atoms with Gasteiger partial charge in [-0.2, -0.15) is 4.31 Å². The lowest BCUT2D eigenvalue weighted by molar-refractivity contribution is 0.249. The normalized spacial score (nSPS) is 12.6. The summed E-state index contributed by atoms with van der Waals surface area (Å²) in [4.78, 5) is 13.2. The smallest absolute Gasteiger partial charge is 0.319 e. The van der Waals surface area contributed by atoms with Crippen molar-refractivity contribution in [1.29, 1.82) is 0 Å². The number of carbonyl (C=O) groups is 1. The summed E-state index contributed by atoms with van der Waals surface area (Å²) < 4.78 is 26.5. The number of nitrogens with one attached hydrogen (secondary N) is 2. The molecule has 0 bridgehead atoms. The third kappa shape index (κ3) is 5.07. The molecule has 1 atom stereocenters. The van der Waals surface area contributed by atoms with E-state index in [1.165, 1.54) is 40.9 Å². The first kappa shape index (κ1) is 20.4. The lowest BCUT2D eigenvalue weighted by atomic mass is 10.3. The number of thiophene rings is 1. The lowest BCUT2D eigenvalue weighted by Crippen LogP contribution is -2.30. The Bertz CT molecular complexity index is 879. The fraction of sp³-hybridized carbons (Fsp3) is 0.235. The highest BCUT2D eigenvalue weighted by Crippen LogP contribution is 2.26. The van der Waals surface area contributed by atoms with E-state index in [2.05, 4.69) is 17.2 Å². The van der Waals surface area contributed by atoms with E-state index in [-0.39, 0.29) is 23.5 Å². The minimum Gasteiger partial charge on any atom is -0.331 e. The molecule has 140 valence electrons. The van der Waals surface area contributed by atoms with Crippen molar-refractivity contribution < 1.29 is 13.2 Å².